The van der Waals surface area contributed by atoms with Crippen LogP contribution in [-0.2, 0) is 10.9 Å². The first-order chi connectivity index (χ1) is 12.8. The third-order valence-electron chi connectivity index (χ3n) is 3.24. The molecule has 1 heterocycles. The van der Waals surface area contributed by atoms with Gasteiger partial charge in [0.2, 0.25) is 5.88 Å². The van der Waals surface area contributed by atoms with E-state index in [1.807, 2.05) is 0 Å². The van der Waals surface area contributed by atoms with Crippen LogP contribution in [0.2, 0.25) is 0 Å². The molecule has 0 saturated carbocycles. The minimum absolute atomic E-state index is 0.00499. The number of halogens is 6. The molecule has 1 aromatic rings. The number of rotatable bonds is 5. The number of anilines is 1. The smallest absolute Gasteiger partial charge is 0.418 e. The molecule has 1 atom stereocenters. The van der Waals surface area contributed by atoms with Crippen LogP contribution in [0.5, 0.6) is 0 Å². The molecule has 28 heavy (non-hydrogen) atoms. The zero-order valence-electron chi connectivity index (χ0n) is 13.1. The van der Waals surface area contributed by atoms with Gasteiger partial charge in [-0.05, 0) is 0 Å². The Morgan fingerprint density at radius 1 is 1.25 bits per heavy atom. The lowest BCUT2D eigenvalue weighted by Crippen LogP contribution is -2.45. The van der Waals surface area contributed by atoms with E-state index >= 15 is 0 Å². The molecule has 0 aliphatic carbocycles. The number of nitro groups is 2. The molecule has 0 bridgehead atoms. The first kappa shape index (κ1) is 21.2. The Bertz CT molecular complexity index is 890. The number of nitro benzene ring substituents is 2. The Kier molecular flexibility index (Phi) is 5.70. The fraction of sp³-hybridized carbons (Fsp3) is 0.250. The molecule has 1 aromatic carbocycles. The molecule has 152 valence electrons. The predicted octanol–water partition coefficient (Wildman–Crippen LogP) is 3.30. The normalized spacial score (nSPS) is 17.3. The van der Waals surface area contributed by atoms with Crippen LogP contribution < -0.4 is 10.6 Å². The second-order valence-electron chi connectivity index (χ2n) is 4.97. The maximum Gasteiger partial charge on any atom is 0.418 e. The standard InChI is InChI=1S/C12H7ClF5N5O5/c13-7-3-8(28-10(14)15)21(11(19)20-7)9-5(12(16,17)18)1-4(22(24)25)2-6(9)23(26)27/h1-3,10-11H,19H2. The number of benzene rings is 1. The maximum atomic E-state index is 13.5. The third kappa shape index (κ3) is 4.25. The van der Waals surface area contributed by atoms with Crippen molar-refractivity contribution >= 4 is 33.8 Å². The van der Waals surface area contributed by atoms with Crippen molar-refractivity contribution in [3.8, 4) is 0 Å². The molecule has 10 nitrogen and oxygen atoms in total. The van der Waals surface area contributed by atoms with Crippen molar-refractivity contribution in [1.29, 1.82) is 0 Å². The molecule has 1 aliphatic rings. The lowest BCUT2D eigenvalue weighted by Gasteiger charge is -2.33. The van der Waals surface area contributed by atoms with E-state index in [2.05, 4.69) is 9.73 Å². The van der Waals surface area contributed by atoms with Gasteiger partial charge in [0.25, 0.3) is 5.69 Å². The van der Waals surface area contributed by atoms with E-state index in [9.17, 15) is 42.2 Å². The Morgan fingerprint density at radius 2 is 1.86 bits per heavy atom. The fourth-order valence-electron chi connectivity index (χ4n) is 2.27. The highest BCUT2D eigenvalue weighted by Crippen LogP contribution is 2.46. The van der Waals surface area contributed by atoms with E-state index in [1.54, 1.807) is 0 Å². The highest BCUT2D eigenvalue weighted by molar-refractivity contribution is 6.68. The molecular formula is C12H7ClF5N5O5. The van der Waals surface area contributed by atoms with Crippen molar-refractivity contribution in [3.63, 3.8) is 0 Å². The van der Waals surface area contributed by atoms with E-state index in [1.165, 1.54) is 0 Å². The predicted molar refractivity (Wildman–Crippen MR) is 83.7 cm³/mol. The number of non-ortho nitro benzene ring substituents is 1. The van der Waals surface area contributed by atoms with Gasteiger partial charge in [-0.3, -0.25) is 30.9 Å². The summed E-state index contributed by atoms with van der Waals surface area (Å²) in [6.45, 7) is -3.56. The van der Waals surface area contributed by atoms with Crippen molar-refractivity contribution in [2.75, 3.05) is 4.90 Å². The van der Waals surface area contributed by atoms with Crippen molar-refractivity contribution in [2.24, 2.45) is 10.7 Å². The van der Waals surface area contributed by atoms with Gasteiger partial charge < -0.3 is 4.74 Å². The lowest BCUT2D eigenvalue weighted by molar-refractivity contribution is -0.394. The molecule has 0 aromatic heterocycles. The molecule has 0 radical (unpaired) electrons. The molecule has 0 spiro atoms. The summed E-state index contributed by atoms with van der Waals surface area (Å²) in [5.41, 5.74) is -0.447. The van der Waals surface area contributed by atoms with E-state index in [-0.39, 0.29) is 17.0 Å². The fourth-order valence-corrected chi connectivity index (χ4v) is 2.46. The van der Waals surface area contributed by atoms with Crippen LogP contribution in [0.1, 0.15) is 5.56 Å². The SMILES string of the molecule is NC1N=C(Cl)C=C(OC(F)F)N1c1c([N+](=O)[O-])cc([N+](=O)[O-])cc1C(F)(F)F. The van der Waals surface area contributed by atoms with Crippen molar-refractivity contribution < 1.29 is 36.5 Å². The van der Waals surface area contributed by atoms with Gasteiger partial charge in [-0.2, -0.15) is 22.0 Å². The molecule has 0 saturated heterocycles. The minimum Gasteiger partial charge on any atom is -0.419 e. The lowest BCUT2D eigenvalue weighted by atomic mass is 10.1. The quantitative estimate of drug-likeness (QED) is 0.429. The highest BCUT2D eigenvalue weighted by Gasteiger charge is 2.44. The minimum atomic E-state index is -5.37. The zero-order chi connectivity index (χ0) is 21.4. The number of alkyl halides is 5. The summed E-state index contributed by atoms with van der Waals surface area (Å²) in [4.78, 5) is 23.1. The van der Waals surface area contributed by atoms with Crippen LogP contribution in [0.15, 0.2) is 29.1 Å². The Labute approximate surface area is 155 Å². The van der Waals surface area contributed by atoms with Crippen LogP contribution in [0.3, 0.4) is 0 Å². The van der Waals surface area contributed by atoms with Gasteiger partial charge in [-0.1, -0.05) is 11.6 Å². The van der Waals surface area contributed by atoms with Crippen LogP contribution >= 0.6 is 11.6 Å². The van der Waals surface area contributed by atoms with Gasteiger partial charge in [-0.15, -0.1) is 0 Å². The number of ether oxygens (including phenoxy) is 1. The van der Waals surface area contributed by atoms with Gasteiger partial charge in [0, 0.05) is 12.1 Å². The largest absolute Gasteiger partial charge is 0.419 e. The van der Waals surface area contributed by atoms with Crippen LogP contribution in [0.25, 0.3) is 0 Å². The van der Waals surface area contributed by atoms with Gasteiger partial charge in [0.05, 0.1) is 21.5 Å². The highest BCUT2D eigenvalue weighted by atomic mass is 35.5. The summed E-state index contributed by atoms with van der Waals surface area (Å²) in [6.07, 6.45) is -6.75. The number of hydrogen-bond donors (Lipinski definition) is 1. The molecule has 2 rings (SSSR count). The summed E-state index contributed by atoms with van der Waals surface area (Å²) >= 11 is 5.54. The van der Waals surface area contributed by atoms with Gasteiger partial charge in [0.15, 0.2) is 6.29 Å². The summed E-state index contributed by atoms with van der Waals surface area (Å²) in [5.74, 6) is -1.08. The third-order valence-corrected chi connectivity index (χ3v) is 3.45. The van der Waals surface area contributed by atoms with E-state index < -0.39 is 62.6 Å². The van der Waals surface area contributed by atoms with E-state index in [0.29, 0.717) is 6.08 Å². The summed E-state index contributed by atoms with van der Waals surface area (Å²) in [5, 5.41) is 21.6. The summed E-state index contributed by atoms with van der Waals surface area (Å²) < 4.78 is 69.9. The van der Waals surface area contributed by atoms with Gasteiger partial charge in [-0.25, -0.2) is 4.99 Å². The monoisotopic (exact) mass is 431 g/mol. The van der Waals surface area contributed by atoms with Crippen molar-refractivity contribution in [2.45, 2.75) is 19.1 Å². The maximum absolute atomic E-state index is 13.5. The molecular weight excluding hydrogens is 425 g/mol. The molecule has 1 unspecified atom stereocenters. The first-order valence-corrected chi connectivity index (χ1v) is 7.19. The Morgan fingerprint density at radius 3 is 2.32 bits per heavy atom. The molecule has 0 fully saturated rings. The summed E-state index contributed by atoms with van der Waals surface area (Å²) in [7, 11) is 0. The van der Waals surface area contributed by atoms with Crippen molar-refractivity contribution in [3.05, 3.63) is 49.9 Å². The molecule has 2 N–H and O–H groups in total. The summed E-state index contributed by atoms with van der Waals surface area (Å²) in [6, 6.07) is 0.214. The number of nitrogens with zero attached hydrogens (tertiary/aromatic N) is 4. The number of hydrogen-bond acceptors (Lipinski definition) is 8. The van der Waals surface area contributed by atoms with E-state index in [0.717, 1.165) is 0 Å². The second kappa shape index (κ2) is 7.51. The van der Waals surface area contributed by atoms with Crippen LogP contribution in [0, 0.1) is 20.2 Å². The average Bonchev–Trinajstić information content (AvgIpc) is 2.51. The van der Waals surface area contributed by atoms with Gasteiger partial charge in [0.1, 0.15) is 10.9 Å². The molecule has 0 amide bonds. The number of aliphatic imine (C=N–C) groups is 1. The van der Waals surface area contributed by atoms with E-state index in [4.69, 9.17) is 17.3 Å². The van der Waals surface area contributed by atoms with Crippen LogP contribution in [-0.4, -0.2) is 27.9 Å². The second-order valence-corrected chi connectivity index (χ2v) is 5.36. The Balaban J connectivity index is 2.86. The van der Waals surface area contributed by atoms with Crippen LogP contribution in [0.4, 0.5) is 39.0 Å². The Hall–Kier alpha value is -3.07. The number of allylic oxidation sites excluding steroid dienone is 1. The first-order valence-electron chi connectivity index (χ1n) is 6.81. The van der Waals surface area contributed by atoms with Crippen molar-refractivity contribution in [1.82, 2.24) is 0 Å². The number of nitrogens with two attached hydrogens (primary N) is 1. The topological polar surface area (TPSA) is 137 Å². The van der Waals surface area contributed by atoms with Gasteiger partial charge >= 0.3 is 18.5 Å². The molecule has 1 aliphatic heterocycles. The average molecular weight is 432 g/mol. The zero-order valence-corrected chi connectivity index (χ0v) is 13.8. The molecule has 16 heteroatoms.